The Hall–Kier alpha value is -1.69. The minimum Gasteiger partial charge on any atom is -0.368 e. The highest BCUT2D eigenvalue weighted by Gasteiger charge is 2.31. The molecule has 0 fully saturated rings. The number of nitrogens with two attached hydrogens (primary N) is 1. The van der Waals surface area contributed by atoms with E-state index < -0.39 is 5.91 Å². The summed E-state index contributed by atoms with van der Waals surface area (Å²) in [6.45, 7) is 6.70. The Morgan fingerprint density at radius 3 is 2.86 bits per heavy atom. The third-order valence-electron chi connectivity index (χ3n) is 4.59. The van der Waals surface area contributed by atoms with Crippen LogP contribution in [0.1, 0.15) is 37.6 Å². The van der Waals surface area contributed by atoms with Gasteiger partial charge in [-0.15, -0.1) is 11.3 Å². The fourth-order valence-electron chi connectivity index (χ4n) is 3.22. The van der Waals surface area contributed by atoms with Crippen LogP contribution in [-0.4, -0.2) is 15.5 Å². The van der Waals surface area contributed by atoms with Crippen LogP contribution in [0.3, 0.4) is 0 Å². The van der Waals surface area contributed by atoms with E-state index in [0.717, 1.165) is 29.7 Å². The first kappa shape index (κ1) is 15.2. The average molecular weight is 319 g/mol. The number of nitrogens with zero attached hydrogens (tertiary/aromatic N) is 2. The number of rotatable bonds is 2. The Balaban J connectivity index is 2.08. The summed E-state index contributed by atoms with van der Waals surface area (Å²) < 4.78 is 1.31. The molecule has 0 saturated carbocycles. The molecule has 2 heterocycles. The van der Waals surface area contributed by atoms with Crippen molar-refractivity contribution in [2.24, 2.45) is 17.1 Å². The summed E-state index contributed by atoms with van der Waals surface area (Å²) in [5.74, 6) is 0.0982. The molecule has 0 aromatic carbocycles. The monoisotopic (exact) mass is 319 g/mol. The third-order valence-corrected chi connectivity index (χ3v) is 5.75. The number of aromatic nitrogens is 2. The van der Waals surface area contributed by atoms with Gasteiger partial charge in [0.2, 0.25) is 5.91 Å². The van der Waals surface area contributed by atoms with Gasteiger partial charge in [0, 0.05) is 4.88 Å². The quantitative estimate of drug-likeness (QED) is 0.920. The molecular weight excluding hydrogens is 298 g/mol. The van der Waals surface area contributed by atoms with Crippen LogP contribution in [0.4, 0.5) is 0 Å². The molecule has 118 valence electrons. The Kier molecular flexibility index (Phi) is 3.59. The number of fused-ring (bicyclic) bond motifs is 3. The van der Waals surface area contributed by atoms with Gasteiger partial charge >= 0.3 is 0 Å². The molecule has 1 unspecified atom stereocenters. The molecule has 3 rings (SSSR count). The lowest BCUT2D eigenvalue weighted by Crippen LogP contribution is -2.29. The summed E-state index contributed by atoms with van der Waals surface area (Å²) in [6.07, 6.45) is 4.44. The van der Waals surface area contributed by atoms with E-state index in [4.69, 9.17) is 5.73 Å². The maximum atomic E-state index is 12.6. The zero-order valence-electron chi connectivity index (χ0n) is 13.2. The molecule has 1 aliphatic carbocycles. The molecule has 5 nitrogen and oxygen atoms in total. The lowest BCUT2D eigenvalue weighted by atomic mass is 9.72. The summed E-state index contributed by atoms with van der Waals surface area (Å²) in [5.41, 5.74) is 6.46. The first-order chi connectivity index (χ1) is 10.3. The summed E-state index contributed by atoms with van der Waals surface area (Å²) >= 11 is 1.62. The van der Waals surface area contributed by atoms with Crippen molar-refractivity contribution < 1.29 is 4.79 Å². The molecule has 22 heavy (non-hydrogen) atoms. The first-order valence-electron chi connectivity index (χ1n) is 7.55. The molecule has 1 aliphatic rings. The Bertz CT molecular complexity index is 798. The molecule has 1 amide bonds. The standard InChI is InChI=1S/C16H21N3O2S/c1-16(2,3)9-4-5-10-11(6-9)22-14-13(10)15(21)19(8-18-14)7-12(17)20/h8-9H,4-7H2,1-3H3,(H2,17,20). The molecule has 2 N–H and O–H groups in total. The van der Waals surface area contributed by atoms with Crippen molar-refractivity contribution in [1.82, 2.24) is 9.55 Å². The van der Waals surface area contributed by atoms with Gasteiger partial charge in [0.15, 0.2) is 0 Å². The van der Waals surface area contributed by atoms with Crippen LogP contribution in [0.25, 0.3) is 10.2 Å². The van der Waals surface area contributed by atoms with Gasteiger partial charge in [0.1, 0.15) is 11.4 Å². The van der Waals surface area contributed by atoms with E-state index in [0.29, 0.717) is 11.3 Å². The number of hydrogen-bond acceptors (Lipinski definition) is 4. The Morgan fingerprint density at radius 1 is 1.50 bits per heavy atom. The van der Waals surface area contributed by atoms with E-state index in [-0.39, 0.29) is 17.5 Å². The summed E-state index contributed by atoms with van der Waals surface area (Å²) in [4.78, 5) is 30.1. The van der Waals surface area contributed by atoms with E-state index in [1.165, 1.54) is 15.8 Å². The van der Waals surface area contributed by atoms with Gasteiger partial charge in [-0.3, -0.25) is 14.2 Å². The van der Waals surface area contributed by atoms with E-state index in [1.54, 1.807) is 11.3 Å². The SMILES string of the molecule is CC(C)(C)C1CCc2c(sc3ncn(CC(N)=O)c(=O)c23)C1. The number of aryl methyl sites for hydroxylation is 1. The number of carbonyl (C=O) groups is 1. The second kappa shape index (κ2) is 5.19. The van der Waals surface area contributed by atoms with Crippen molar-refractivity contribution in [1.29, 1.82) is 0 Å². The van der Waals surface area contributed by atoms with Crippen LogP contribution >= 0.6 is 11.3 Å². The lowest BCUT2D eigenvalue weighted by molar-refractivity contribution is -0.118. The van der Waals surface area contributed by atoms with Gasteiger partial charge in [-0.2, -0.15) is 0 Å². The summed E-state index contributed by atoms with van der Waals surface area (Å²) in [7, 11) is 0. The molecule has 0 saturated heterocycles. The Labute approximate surface area is 133 Å². The van der Waals surface area contributed by atoms with Crippen molar-refractivity contribution in [2.45, 2.75) is 46.6 Å². The van der Waals surface area contributed by atoms with Crippen LogP contribution in [0.15, 0.2) is 11.1 Å². The maximum Gasteiger partial charge on any atom is 0.262 e. The number of carbonyl (C=O) groups excluding carboxylic acids is 1. The Morgan fingerprint density at radius 2 is 2.23 bits per heavy atom. The molecule has 0 bridgehead atoms. The molecule has 1 atom stereocenters. The molecular formula is C16H21N3O2S. The van der Waals surface area contributed by atoms with Crippen LogP contribution < -0.4 is 11.3 Å². The molecule has 0 aliphatic heterocycles. The van der Waals surface area contributed by atoms with E-state index in [9.17, 15) is 9.59 Å². The van der Waals surface area contributed by atoms with Crippen LogP contribution in [0.2, 0.25) is 0 Å². The average Bonchev–Trinajstić information content (AvgIpc) is 2.78. The van der Waals surface area contributed by atoms with E-state index >= 15 is 0 Å². The smallest absolute Gasteiger partial charge is 0.262 e. The van der Waals surface area contributed by atoms with E-state index in [2.05, 4.69) is 25.8 Å². The minimum atomic E-state index is -0.528. The fourth-order valence-corrected chi connectivity index (χ4v) is 4.48. The molecule has 2 aromatic heterocycles. The van der Waals surface area contributed by atoms with Crippen LogP contribution in [-0.2, 0) is 24.2 Å². The molecule has 0 spiro atoms. The summed E-state index contributed by atoms with van der Waals surface area (Å²) in [6, 6.07) is 0. The van der Waals surface area contributed by atoms with Crippen molar-refractivity contribution in [2.75, 3.05) is 0 Å². The van der Waals surface area contributed by atoms with Gasteiger partial charge in [0.05, 0.1) is 11.7 Å². The normalized spacial score (nSPS) is 18.4. The number of thiophene rings is 1. The van der Waals surface area contributed by atoms with Gasteiger partial charge in [0.25, 0.3) is 5.56 Å². The number of primary amides is 1. The first-order valence-corrected chi connectivity index (χ1v) is 8.37. The van der Waals surface area contributed by atoms with Crippen LogP contribution in [0.5, 0.6) is 0 Å². The van der Waals surface area contributed by atoms with Crippen molar-refractivity contribution >= 4 is 27.5 Å². The van der Waals surface area contributed by atoms with Crippen molar-refractivity contribution in [3.63, 3.8) is 0 Å². The van der Waals surface area contributed by atoms with Crippen molar-refractivity contribution in [3.8, 4) is 0 Å². The highest BCUT2D eigenvalue weighted by atomic mass is 32.1. The maximum absolute atomic E-state index is 12.6. The van der Waals surface area contributed by atoms with Gasteiger partial charge in [-0.1, -0.05) is 20.8 Å². The molecule has 6 heteroatoms. The zero-order valence-corrected chi connectivity index (χ0v) is 14.0. The number of hydrogen-bond donors (Lipinski definition) is 1. The summed E-state index contributed by atoms with van der Waals surface area (Å²) in [5, 5.41) is 0.691. The predicted octanol–water partition coefficient (Wildman–Crippen LogP) is 2.09. The highest BCUT2D eigenvalue weighted by Crippen LogP contribution is 2.41. The number of amides is 1. The predicted molar refractivity (Wildman–Crippen MR) is 88.0 cm³/mol. The fraction of sp³-hybridized carbons (Fsp3) is 0.562. The van der Waals surface area contributed by atoms with Crippen molar-refractivity contribution in [3.05, 3.63) is 27.1 Å². The van der Waals surface area contributed by atoms with Gasteiger partial charge in [-0.25, -0.2) is 4.98 Å². The topological polar surface area (TPSA) is 78.0 Å². The second-order valence-corrected chi connectivity index (χ2v) is 8.22. The van der Waals surface area contributed by atoms with Crippen LogP contribution in [0, 0.1) is 11.3 Å². The zero-order chi connectivity index (χ0) is 16.1. The second-order valence-electron chi connectivity index (χ2n) is 7.13. The lowest BCUT2D eigenvalue weighted by Gasteiger charge is -2.33. The van der Waals surface area contributed by atoms with Gasteiger partial charge < -0.3 is 5.73 Å². The third kappa shape index (κ3) is 2.56. The van der Waals surface area contributed by atoms with E-state index in [1.807, 2.05) is 0 Å². The highest BCUT2D eigenvalue weighted by molar-refractivity contribution is 7.18. The van der Waals surface area contributed by atoms with Gasteiger partial charge in [-0.05, 0) is 36.2 Å². The largest absolute Gasteiger partial charge is 0.368 e. The molecule has 0 radical (unpaired) electrons. The molecule has 2 aromatic rings. The minimum absolute atomic E-state index is 0.114.